The van der Waals surface area contributed by atoms with Crippen LogP contribution in [-0.4, -0.2) is 10.4 Å². The molecule has 0 atom stereocenters. The van der Waals surface area contributed by atoms with Crippen molar-refractivity contribution in [1.82, 2.24) is 0 Å². The van der Waals surface area contributed by atoms with Crippen LogP contribution in [0.2, 0.25) is 0 Å². The predicted octanol–water partition coefficient (Wildman–Crippen LogP) is 4.78. The smallest absolute Gasteiger partial charge is 0.115 e. The van der Waals surface area contributed by atoms with E-state index in [4.69, 9.17) is 0 Å². The summed E-state index contributed by atoms with van der Waals surface area (Å²) in [6.07, 6.45) is 3.29. The summed E-state index contributed by atoms with van der Waals surface area (Å²) in [7, 11) is 0. The highest BCUT2D eigenvalue weighted by Gasteiger charge is 2.05. The number of halogens is 1. The first kappa shape index (κ1) is 13.2. The second-order valence-electron chi connectivity index (χ2n) is 4.35. The maximum atomic E-state index is 9.63. The number of alkyl halides is 1. The summed E-state index contributed by atoms with van der Waals surface area (Å²) in [5.74, 6) is 0.350. The molecular formula is C16H17BrO. The standard InChI is InChI=1S/C16H17BrO/c17-11-5-4-8-14-12-15(18)9-10-16(14)13-6-2-1-3-7-13/h1-3,6-7,9-10,12,18H,4-5,8,11H2. The third-order valence-electron chi connectivity index (χ3n) is 3.00. The van der Waals surface area contributed by atoms with Crippen molar-refractivity contribution in [1.29, 1.82) is 0 Å². The van der Waals surface area contributed by atoms with E-state index in [1.54, 1.807) is 6.07 Å². The lowest BCUT2D eigenvalue weighted by Gasteiger charge is -2.10. The second kappa shape index (κ2) is 6.60. The van der Waals surface area contributed by atoms with E-state index in [1.807, 2.05) is 30.3 Å². The Kier molecular flexibility index (Phi) is 4.82. The van der Waals surface area contributed by atoms with E-state index in [0.29, 0.717) is 5.75 Å². The van der Waals surface area contributed by atoms with E-state index in [9.17, 15) is 5.11 Å². The zero-order valence-corrected chi connectivity index (χ0v) is 11.9. The average Bonchev–Trinajstić information content (AvgIpc) is 2.40. The molecule has 94 valence electrons. The van der Waals surface area contributed by atoms with Crippen LogP contribution in [0.15, 0.2) is 48.5 Å². The minimum absolute atomic E-state index is 0.350. The van der Waals surface area contributed by atoms with Gasteiger partial charge in [0.1, 0.15) is 5.75 Å². The molecule has 0 spiro atoms. The molecule has 0 bridgehead atoms. The molecule has 1 N–H and O–H groups in total. The maximum Gasteiger partial charge on any atom is 0.115 e. The molecule has 0 aliphatic rings. The van der Waals surface area contributed by atoms with Crippen molar-refractivity contribution in [2.45, 2.75) is 19.3 Å². The lowest BCUT2D eigenvalue weighted by molar-refractivity contribution is 0.474. The normalized spacial score (nSPS) is 10.5. The first-order chi connectivity index (χ1) is 8.81. The van der Waals surface area contributed by atoms with Crippen molar-refractivity contribution in [2.75, 3.05) is 5.33 Å². The molecule has 18 heavy (non-hydrogen) atoms. The molecule has 0 saturated heterocycles. The van der Waals surface area contributed by atoms with Gasteiger partial charge in [-0.3, -0.25) is 0 Å². The van der Waals surface area contributed by atoms with Gasteiger partial charge < -0.3 is 5.11 Å². The number of unbranched alkanes of at least 4 members (excludes halogenated alkanes) is 1. The van der Waals surface area contributed by atoms with Crippen molar-refractivity contribution >= 4 is 15.9 Å². The van der Waals surface area contributed by atoms with E-state index in [-0.39, 0.29) is 0 Å². The second-order valence-corrected chi connectivity index (χ2v) is 5.15. The summed E-state index contributed by atoms with van der Waals surface area (Å²) >= 11 is 3.45. The minimum Gasteiger partial charge on any atom is -0.508 e. The van der Waals surface area contributed by atoms with Crippen LogP contribution in [0.3, 0.4) is 0 Å². The maximum absolute atomic E-state index is 9.63. The number of hydrogen-bond donors (Lipinski definition) is 1. The van der Waals surface area contributed by atoms with Crippen molar-refractivity contribution in [3.05, 3.63) is 54.1 Å². The molecule has 0 fully saturated rings. The molecule has 1 nitrogen and oxygen atoms in total. The molecule has 2 aromatic rings. The van der Waals surface area contributed by atoms with Gasteiger partial charge in [-0.15, -0.1) is 0 Å². The summed E-state index contributed by atoms with van der Waals surface area (Å²) in [6, 6.07) is 16.0. The number of hydrogen-bond acceptors (Lipinski definition) is 1. The van der Waals surface area contributed by atoms with E-state index in [0.717, 1.165) is 24.6 Å². The van der Waals surface area contributed by atoms with Crippen molar-refractivity contribution in [3.8, 4) is 16.9 Å². The lowest BCUT2D eigenvalue weighted by Crippen LogP contribution is -1.91. The van der Waals surface area contributed by atoms with Gasteiger partial charge in [0.15, 0.2) is 0 Å². The molecule has 0 saturated carbocycles. The zero-order chi connectivity index (χ0) is 12.8. The predicted molar refractivity (Wildman–Crippen MR) is 80.3 cm³/mol. The summed E-state index contributed by atoms with van der Waals surface area (Å²) in [5.41, 5.74) is 3.66. The van der Waals surface area contributed by atoms with Crippen LogP contribution >= 0.6 is 15.9 Å². The van der Waals surface area contributed by atoms with Gasteiger partial charge in [0.25, 0.3) is 0 Å². The summed E-state index contributed by atoms with van der Waals surface area (Å²) in [4.78, 5) is 0. The van der Waals surface area contributed by atoms with Gasteiger partial charge in [0, 0.05) is 5.33 Å². The molecule has 2 rings (SSSR count). The third-order valence-corrected chi connectivity index (χ3v) is 3.56. The Labute approximate surface area is 117 Å². The first-order valence-electron chi connectivity index (χ1n) is 6.24. The lowest BCUT2D eigenvalue weighted by atomic mass is 9.96. The summed E-state index contributed by atoms with van der Waals surface area (Å²) < 4.78 is 0. The molecule has 0 heterocycles. The van der Waals surface area contributed by atoms with Gasteiger partial charge in [-0.2, -0.15) is 0 Å². The fourth-order valence-corrected chi connectivity index (χ4v) is 2.49. The Morgan fingerprint density at radius 1 is 0.944 bits per heavy atom. The van der Waals surface area contributed by atoms with Gasteiger partial charge in [-0.05, 0) is 48.1 Å². The van der Waals surface area contributed by atoms with Crippen LogP contribution in [0.5, 0.6) is 5.75 Å². The number of phenolic OH excluding ortho intramolecular Hbond substituents is 1. The van der Waals surface area contributed by atoms with Gasteiger partial charge in [0.2, 0.25) is 0 Å². The molecule has 2 aromatic carbocycles. The van der Waals surface area contributed by atoms with E-state index in [1.165, 1.54) is 16.7 Å². The molecule has 0 aliphatic carbocycles. The molecule has 0 aromatic heterocycles. The Morgan fingerprint density at radius 2 is 1.72 bits per heavy atom. The Hall–Kier alpha value is -1.28. The fourth-order valence-electron chi connectivity index (χ4n) is 2.10. The average molecular weight is 305 g/mol. The minimum atomic E-state index is 0.350. The number of phenols is 1. The van der Waals surface area contributed by atoms with Crippen LogP contribution in [0.1, 0.15) is 18.4 Å². The van der Waals surface area contributed by atoms with Gasteiger partial charge >= 0.3 is 0 Å². The Morgan fingerprint density at radius 3 is 2.44 bits per heavy atom. The summed E-state index contributed by atoms with van der Waals surface area (Å²) in [5, 5.41) is 10.7. The fraction of sp³-hybridized carbons (Fsp3) is 0.250. The third kappa shape index (κ3) is 3.36. The van der Waals surface area contributed by atoms with Crippen LogP contribution < -0.4 is 0 Å². The first-order valence-corrected chi connectivity index (χ1v) is 7.36. The van der Waals surface area contributed by atoms with Crippen LogP contribution in [-0.2, 0) is 6.42 Å². The molecule has 2 heteroatoms. The summed E-state index contributed by atoms with van der Waals surface area (Å²) in [6.45, 7) is 0. The quantitative estimate of drug-likeness (QED) is 0.623. The van der Waals surface area contributed by atoms with E-state index in [2.05, 4.69) is 28.1 Å². The van der Waals surface area contributed by atoms with Gasteiger partial charge in [0.05, 0.1) is 0 Å². The van der Waals surface area contributed by atoms with Gasteiger partial charge in [-0.1, -0.05) is 52.3 Å². The van der Waals surface area contributed by atoms with Crippen LogP contribution in [0, 0.1) is 0 Å². The SMILES string of the molecule is Oc1ccc(-c2ccccc2)c(CCCCBr)c1. The highest BCUT2D eigenvalue weighted by Crippen LogP contribution is 2.28. The highest BCUT2D eigenvalue weighted by atomic mass is 79.9. The topological polar surface area (TPSA) is 20.2 Å². The number of aryl methyl sites for hydroxylation is 1. The molecule has 0 amide bonds. The molecule has 0 unspecified atom stereocenters. The monoisotopic (exact) mass is 304 g/mol. The van der Waals surface area contributed by atoms with Crippen molar-refractivity contribution in [2.24, 2.45) is 0 Å². The van der Waals surface area contributed by atoms with E-state index >= 15 is 0 Å². The van der Waals surface area contributed by atoms with Crippen LogP contribution in [0.25, 0.3) is 11.1 Å². The van der Waals surface area contributed by atoms with Crippen molar-refractivity contribution < 1.29 is 5.11 Å². The molecule has 0 aliphatic heterocycles. The Balaban J connectivity index is 2.29. The Bertz CT molecular complexity index is 494. The molecule has 0 radical (unpaired) electrons. The molecular weight excluding hydrogens is 288 g/mol. The van der Waals surface area contributed by atoms with E-state index < -0.39 is 0 Å². The number of benzene rings is 2. The zero-order valence-electron chi connectivity index (χ0n) is 10.3. The van der Waals surface area contributed by atoms with Crippen molar-refractivity contribution in [3.63, 3.8) is 0 Å². The highest BCUT2D eigenvalue weighted by molar-refractivity contribution is 9.09. The largest absolute Gasteiger partial charge is 0.508 e. The number of rotatable bonds is 5. The van der Waals surface area contributed by atoms with Crippen LogP contribution in [0.4, 0.5) is 0 Å². The number of aromatic hydroxyl groups is 1. The van der Waals surface area contributed by atoms with Gasteiger partial charge in [-0.25, -0.2) is 0 Å².